The summed E-state index contributed by atoms with van der Waals surface area (Å²) in [6.45, 7) is 5.38. The Morgan fingerprint density at radius 3 is 2.58 bits per heavy atom. The fourth-order valence-corrected chi connectivity index (χ4v) is 2.94. The minimum absolute atomic E-state index is 0.109. The lowest BCUT2D eigenvalue weighted by Gasteiger charge is -2.14. The second-order valence-electron chi connectivity index (χ2n) is 5.79. The van der Waals surface area contributed by atoms with E-state index in [1.54, 1.807) is 13.8 Å². The second kappa shape index (κ2) is 7.53. The third-order valence-corrected chi connectivity index (χ3v) is 4.28. The number of esters is 1. The lowest BCUT2D eigenvalue weighted by molar-refractivity contribution is 0.0599. The van der Waals surface area contributed by atoms with E-state index in [-0.39, 0.29) is 11.9 Å². The maximum absolute atomic E-state index is 12.5. The highest BCUT2D eigenvalue weighted by molar-refractivity contribution is 6.31. The Kier molecular flexibility index (Phi) is 5.67. The van der Waals surface area contributed by atoms with E-state index in [1.165, 1.54) is 7.11 Å². The molecule has 0 fully saturated rings. The molecule has 128 valence electrons. The first-order valence-corrected chi connectivity index (χ1v) is 8.04. The molecule has 2 aromatic rings. The number of aromatic nitrogens is 1. The minimum atomic E-state index is -0.454. The van der Waals surface area contributed by atoms with Gasteiger partial charge in [-0.1, -0.05) is 29.8 Å². The molecule has 0 aliphatic carbocycles. The van der Waals surface area contributed by atoms with Gasteiger partial charge in [-0.15, -0.1) is 0 Å². The van der Waals surface area contributed by atoms with E-state index in [1.807, 2.05) is 31.2 Å². The largest absolute Gasteiger partial charge is 0.465 e. The zero-order valence-electron chi connectivity index (χ0n) is 14.2. The zero-order chi connectivity index (χ0) is 17.9. The third-order valence-electron chi connectivity index (χ3n) is 3.92. The lowest BCUT2D eigenvalue weighted by atomic mass is 10.1. The number of hydrogen-bond donors (Lipinski definition) is 2. The summed E-state index contributed by atoms with van der Waals surface area (Å²) in [7, 11) is 1.32. The summed E-state index contributed by atoms with van der Waals surface area (Å²) in [5.41, 5.74) is 2.95. The highest BCUT2D eigenvalue weighted by Gasteiger charge is 2.23. The fourth-order valence-electron chi connectivity index (χ4n) is 2.73. The Hall–Kier alpha value is -2.27. The van der Waals surface area contributed by atoms with Crippen molar-refractivity contribution in [3.8, 4) is 0 Å². The van der Waals surface area contributed by atoms with Gasteiger partial charge in [0.15, 0.2) is 0 Å². The number of hydrogen-bond acceptors (Lipinski definition) is 3. The maximum Gasteiger partial charge on any atom is 0.339 e. The molecule has 5 nitrogen and oxygen atoms in total. The molecule has 0 aliphatic rings. The van der Waals surface area contributed by atoms with E-state index in [4.69, 9.17) is 16.3 Å². The number of rotatable bonds is 5. The lowest BCUT2D eigenvalue weighted by Crippen LogP contribution is -2.34. The fraction of sp³-hybridized carbons (Fsp3) is 0.333. The number of methoxy groups -OCH3 is 1. The maximum atomic E-state index is 12.5. The molecule has 6 heteroatoms. The Morgan fingerprint density at radius 2 is 1.96 bits per heavy atom. The summed E-state index contributed by atoms with van der Waals surface area (Å²) in [6, 6.07) is 7.43. The van der Waals surface area contributed by atoms with Crippen molar-refractivity contribution in [3.63, 3.8) is 0 Å². The van der Waals surface area contributed by atoms with E-state index in [0.717, 1.165) is 5.56 Å². The second-order valence-corrected chi connectivity index (χ2v) is 6.19. The number of ether oxygens (including phenoxy) is 1. The average molecular weight is 349 g/mol. The molecule has 0 radical (unpaired) electrons. The van der Waals surface area contributed by atoms with Gasteiger partial charge in [0.05, 0.1) is 12.7 Å². The SMILES string of the molecule is COC(=O)c1c(C)[nH]c(C(=O)N[C@H](C)Cc2ccccc2Cl)c1C. The number of aromatic amines is 1. The predicted octanol–water partition coefficient (Wildman–Crippen LogP) is 3.43. The molecule has 2 N–H and O–H groups in total. The van der Waals surface area contributed by atoms with Gasteiger partial charge < -0.3 is 15.0 Å². The van der Waals surface area contributed by atoms with Crippen molar-refractivity contribution in [1.82, 2.24) is 10.3 Å². The van der Waals surface area contributed by atoms with Crippen LogP contribution in [0.4, 0.5) is 0 Å². The smallest absolute Gasteiger partial charge is 0.339 e. The quantitative estimate of drug-likeness (QED) is 0.813. The highest BCUT2D eigenvalue weighted by Crippen LogP contribution is 2.20. The van der Waals surface area contributed by atoms with Crippen LogP contribution in [-0.4, -0.2) is 30.0 Å². The number of H-pyrrole nitrogens is 1. The van der Waals surface area contributed by atoms with Crippen molar-refractivity contribution < 1.29 is 14.3 Å². The Bertz CT molecular complexity index is 768. The van der Waals surface area contributed by atoms with Gasteiger partial charge in [0.25, 0.3) is 5.91 Å². The first-order chi connectivity index (χ1) is 11.3. The third kappa shape index (κ3) is 3.79. The summed E-state index contributed by atoms with van der Waals surface area (Å²) in [6.07, 6.45) is 0.619. The molecule has 2 rings (SSSR count). The van der Waals surface area contributed by atoms with Crippen LogP contribution in [0, 0.1) is 13.8 Å². The van der Waals surface area contributed by atoms with Crippen LogP contribution < -0.4 is 5.32 Å². The van der Waals surface area contributed by atoms with Crippen LogP contribution in [0.3, 0.4) is 0 Å². The van der Waals surface area contributed by atoms with E-state index in [2.05, 4.69) is 10.3 Å². The van der Waals surface area contributed by atoms with Crippen LogP contribution in [0.1, 0.15) is 44.6 Å². The number of amides is 1. The molecule has 0 saturated heterocycles. The Labute approximate surface area is 146 Å². The molecule has 1 aromatic heterocycles. The molecule has 1 heterocycles. The van der Waals surface area contributed by atoms with Crippen molar-refractivity contribution in [3.05, 3.63) is 57.4 Å². The monoisotopic (exact) mass is 348 g/mol. The topological polar surface area (TPSA) is 71.2 Å². The van der Waals surface area contributed by atoms with Gasteiger partial charge in [0, 0.05) is 16.8 Å². The van der Waals surface area contributed by atoms with Gasteiger partial charge in [0.1, 0.15) is 5.69 Å². The minimum Gasteiger partial charge on any atom is -0.465 e. The predicted molar refractivity (Wildman–Crippen MR) is 93.7 cm³/mol. The van der Waals surface area contributed by atoms with E-state index < -0.39 is 5.97 Å². The molecule has 0 bridgehead atoms. The number of benzene rings is 1. The summed E-state index contributed by atoms with van der Waals surface area (Å²) in [4.78, 5) is 27.3. The molecule has 0 unspecified atom stereocenters. The Balaban J connectivity index is 2.13. The van der Waals surface area contributed by atoms with Crippen LogP contribution in [-0.2, 0) is 11.2 Å². The average Bonchev–Trinajstić information content (AvgIpc) is 2.83. The highest BCUT2D eigenvalue weighted by atomic mass is 35.5. The van der Waals surface area contributed by atoms with Gasteiger partial charge in [0.2, 0.25) is 0 Å². The number of nitrogens with one attached hydrogen (secondary N) is 2. The molecule has 24 heavy (non-hydrogen) atoms. The van der Waals surface area contributed by atoms with Crippen LogP contribution in [0.25, 0.3) is 0 Å². The van der Waals surface area contributed by atoms with Gasteiger partial charge in [-0.05, 0) is 44.4 Å². The van der Waals surface area contributed by atoms with E-state index in [9.17, 15) is 9.59 Å². The first-order valence-electron chi connectivity index (χ1n) is 7.66. The van der Waals surface area contributed by atoms with E-state index in [0.29, 0.717) is 34.0 Å². The number of halogens is 1. The molecule has 1 aromatic carbocycles. The number of aryl methyl sites for hydroxylation is 1. The normalized spacial score (nSPS) is 11.9. The number of carbonyl (C=O) groups excluding carboxylic acids is 2. The summed E-state index contributed by atoms with van der Waals surface area (Å²) in [5.74, 6) is -0.713. The van der Waals surface area contributed by atoms with Crippen LogP contribution in [0.15, 0.2) is 24.3 Å². The molecule has 1 amide bonds. The first kappa shape index (κ1) is 18.1. The summed E-state index contributed by atoms with van der Waals surface area (Å²) < 4.78 is 4.76. The molecule has 0 saturated carbocycles. The van der Waals surface area contributed by atoms with Gasteiger partial charge >= 0.3 is 5.97 Å². The molecular weight excluding hydrogens is 328 g/mol. The van der Waals surface area contributed by atoms with Crippen molar-refractivity contribution in [1.29, 1.82) is 0 Å². The van der Waals surface area contributed by atoms with Crippen molar-refractivity contribution in [2.75, 3.05) is 7.11 Å². The molecular formula is C18H21ClN2O3. The van der Waals surface area contributed by atoms with Gasteiger partial charge in [-0.25, -0.2) is 4.79 Å². The van der Waals surface area contributed by atoms with E-state index >= 15 is 0 Å². The van der Waals surface area contributed by atoms with Crippen molar-refractivity contribution >= 4 is 23.5 Å². The van der Waals surface area contributed by atoms with Crippen molar-refractivity contribution in [2.24, 2.45) is 0 Å². The van der Waals surface area contributed by atoms with Gasteiger partial charge in [-0.3, -0.25) is 4.79 Å². The molecule has 0 spiro atoms. The molecule has 1 atom stereocenters. The Morgan fingerprint density at radius 1 is 1.29 bits per heavy atom. The van der Waals surface area contributed by atoms with Crippen LogP contribution in [0.2, 0.25) is 5.02 Å². The summed E-state index contributed by atoms with van der Waals surface area (Å²) >= 11 is 6.15. The van der Waals surface area contributed by atoms with Crippen LogP contribution in [0.5, 0.6) is 0 Å². The van der Waals surface area contributed by atoms with Crippen molar-refractivity contribution in [2.45, 2.75) is 33.2 Å². The summed E-state index contributed by atoms with van der Waals surface area (Å²) in [5, 5.41) is 3.61. The van der Waals surface area contributed by atoms with Crippen LogP contribution >= 0.6 is 11.6 Å². The number of carbonyl (C=O) groups is 2. The standard InChI is InChI=1S/C18H21ClN2O3/c1-10(9-13-7-5-6-8-14(13)19)20-17(22)16-11(2)15(12(3)21-16)18(23)24-4/h5-8,10,21H,9H2,1-4H3,(H,20,22)/t10-/m1/s1. The molecule has 0 aliphatic heterocycles. The van der Waals surface area contributed by atoms with Gasteiger partial charge in [-0.2, -0.15) is 0 Å². The zero-order valence-corrected chi connectivity index (χ0v) is 15.0.